The molecule has 18 heavy (non-hydrogen) atoms. The van der Waals surface area contributed by atoms with E-state index in [4.69, 9.17) is 5.73 Å². The van der Waals surface area contributed by atoms with Crippen molar-refractivity contribution in [3.05, 3.63) is 0 Å². The summed E-state index contributed by atoms with van der Waals surface area (Å²) in [6.07, 6.45) is 2.70. The first-order valence-electron chi connectivity index (χ1n) is 6.50. The summed E-state index contributed by atoms with van der Waals surface area (Å²) in [5, 5.41) is 5.47. The first kappa shape index (κ1) is 15.0. The molecule has 0 bridgehead atoms. The van der Waals surface area contributed by atoms with Gasteiger partial charge in [-0.2, -0.15) is 0 Å². The minimum atomic E-state index is -0.608. The molecule has 0 aliphatic heterocycles. The minimum Gasteiger partial charge on any atom is -0.359 e. The fourth-order valence-electron chi connectivity index (χ4n) is 2.40. The summed E-state index contributed by atoms with van der Waals surface area (Å²) in [5.74, 6) is -0.117. The molecule has 1 aliphatic carbocycles. The van der Waals surface area contributed by atoms with Crippen molar-refractivity contribution in [1.29, 1.82) is 0 Å². The van der Waals surface area contributed by atoms with Crippen molar-refractivity contribution < 1.29 is 9.59 Å². The van der Waals surface area contributed by atoms with Crippen LogP contribution in [-0.2, 0) is 9.59 Å². The Bertz CT molecular complexity index is 341. The van der Waals surface area contributed by atoms with Gasteiger partial charge in [0.15, 0.2) is 0 Å². The summed E-state index contributed by atoms with van der Waals surface area (Å²) >= 11 is 0. The zero-order valence-electron chi connectivity index (χ0n) is 11.8. The molecule has 104 valence electrons. The second kappa shape index (κ2) is 5.26. The van der Waals surface area contributed by atoms with Crippen LogP contribution >= 0.6 is 0 Å². The Morgan fingerprint density at radius 3 is 2.50 bits per heavy atom. The van der Waals surface area contributed by atoms with Crippen molar-refractivity contribution in [1.82, 2.24) is 10.6 Å². The molecule has 5 nitrogen and oxygen atoms in total. The van der Waals surface area contributed by atoms with Crippen LogP contribution < -0.4 is 16.4 Å². The maximum absolute atomic E-state index is 12.2. The van der Waals surface area contributed by atoms with Crippen molar-refractivity contribution in [2.24, 2.45) is 16.6 Å². The Morgan fingerprint density at radius 1 is 1.44 bits per heavy atom. The number of nitrogens with two attached hydrogens (primary N) is 1. The van der Waals surface area contributed by atoms with Crippen molar-refractivity contribution in [3.63, 3.8) is 0 Å². The molecule has 0 aromatic carbocycles. The lowest BCUT2D eigenvalue weighted by atomic mass is 9.83. The molecule has 0 aromatic heterocycles. The normalized spacial score (nSPS) is 27.9. The van der Waals surface area contributed by atoms with Gasteiger partial charge in [0, 0.05) is 19.6 Å². The maximum atomic E-state index is 12.2. The van der Waals surface area contributed by atoms with E-state index in [1.807, 2.05) is 20.8 Å². The van der Waals surface area contributed by atoms with Crippen molar-refractivity contribution >= 4 is 11.8 Å². The average Bonchev–Trinajstić information content (AvgIpc) is 2.66. The van der Waals surface area contributed by atoms with Gasteiger partial charge >= 0.3 is 0 Å². The summed E-state index contributed by atoms with van der Waals surface area (Å²) in [5.41, 5.74) is 4.90. The number of carbonyl (C=O) groups is 2. The standard InChI is InChI=1S/C13H25N3O2/c1-12(2,10(17)15-4)8-16-11(18)13(3)7-5-6-9(13)14/h9H,5-8,14H2,1-4H3,(H,15,17)(H,16,18). The van der Waals surface area contributed by atoms with Crippen LogP contribution in [0.3, 0.4) is 0 Å². The highest BCUT2D eigenvalue weighted by Crippen LogP contribution is 2.36. The lowest BCUT2D eigenvalue weighted by molar-refractivity contribution is -0.133. The van der Waals surface area contributed by atoms with Gasteiger partial charge in [-0.3, -0.25) is 9.59 Å². The molecule has 2 atom stereocenters. The van der Waals surface area contributed by atoms with Gasteiger partial charge in [0.05, 0.1) is 10.8 Å². The lowest BCUT2D eigenvalue weighted by Gasteiger charge is -2.30. The molecule has 2 unspecified atom stereocenters. The molecule has 0 radical (unpaired) electrons. The predicted molar refractivity (Wildman–Crippen MR) is 70.8 cm³/mol. The highest BCUT2D eigenvalue weighted by molar-refractivity contribution is 5.85. The topological polar surface area (TPSA) is 84.2 Å². The smallest absolute Gasteiger partial charge is 0.227 e. The van der Waals surface area contributed by atoms with E-state index >= 15 is 0 Å². The minimum absolute atomic E-state index is 0.0375. The second-order valence-corrected chi connectivity index (χ2v) is 6.06. The summed E-state index contributed by atoms with van der Waals surface area (Å²) in [6.45, 7) is 5.85. The number of carbonyl (C=O) groups excluding carboxylic acids is 2. The van der Waals surface area contributed by atoms with E-state index in [0.29, 0.717) is 6.54 Å². The van der Waals surface area contributed by atoms with Crippen LogP contribution in [0.15, 0.2) is 0 Å². The van der Waals surface area contributed by atoms with Gasteiger partial charge in [0.2, 0.25) is 11.8 Å². The van der Waals surface area contributed by atoms with E-state index in [1.165, 1.54) is 0 Å². The first-order chi connectivity index (χ1) is 8.24. The lowest BCUT2D eigenvalue weighted by Crippen LogP contribution is -2.51. The van der Waals surface area contributed by atoms with E-state index in [9.17, 15) is 9.59 Å². The van der Waals surface area contributed by atoms with E-state index in [-0.39, 0.29) is 17.9 Å². The SMILES string of the molecule is CNC(=O)C(C)(C)CNC(=O)C1(C)CCCC1N. The molecule has 1 rings (SSSR count). The Hall–Kier alpha value is -1.10. The van der Waals surface area contributed by atoms with Crippen molar-refractivity contribution in [3.8, 4) is 0 Å². The number of hydrogen-bond acceptors (Lipinski definition) is 3. The fourth-order valence-corrected chi connectivity index (χ4v) is 2.40. The molecule has 0 spiro atoms. The molecule has 0 heterocycles. The molecule has 1 aliphatic rings. The number of rotatable bonds is 4. The molecule has 0 aromatic rings. The number of nitrogens with one attached hydrogen (secondary N) is 2. The first-order valence-corrected chi connectivity index (χ1v) is 6.50. The van der Waals surface area contributed by atoms with Gasteiger partial charge in [-0.25, -0.2) is 0 Å². The van der Waals surface area contributed by atoms with E-state index in [1.54, 1.807) is 7.05 Å². The Balaban J connectivity index is 2.59. The monoisotopic (exact) mass is 255 g/mol. The third-order valence-corrected chi connectivity index (χ3v) is 4.08. The van der Waals surface area contributed by atoms with E-state index < -0.39 is 10.8 Å². The van der Waals surface area contributed by atoms with Crippen LogP contribution in [0.1, 0.15) is 40.0 Å². The van der Waals surface area contributed by atoms with Crippen molar-refractivity contribution in [2.75, 3.05) is 13.6 Å². The zero-order valence-corrected chi connectivity index (χ0v) is 11.8. The molecule has 5 heteroatoms. The van der Waals surface area contributed by atoms with Gasteiger partial charge in [-0.05, 0) is 33.6 Å². The third-order valence-electron chi connectivity index (χ3n) is 4.08. The second-order valence-electron chi connectivity index (χ2n) is 6.06. The van der Waals surface area contributed by atoms with Crippen LogP contribution in [-0.4, -0.2) is 31.4 Å². The molecule has 1 saturated carbocycles. The van der Waals surface area contributed by atoms with Gasteiger partial charge in [-0.1, -0.05) is 6.42 Å². The molecule has 0 saturated heterocycles. The quantitative estimate of drug-likeness (QED) is 0.679. The predicted octanol–water partition coefficient (Wildman–Crippen LogP) is 0.392. The summed E-state index contributed by atoms with van der Waals surface area (Å²) in [4.78, 5) is 23.8. The molecular weight excluding hydrogens is 230 g/mol. The Morgan fingerprint density at radius 2 is 2.06 bits per heavy atom. The van der Waals surface area contributed by atoms with Crippen LogP contribution in [0.2, 0.25) is 0 Å². The number of amides is 2. The zero-order chi connectivity index (χ0) is 14.0. The summed E-state index contributed by atoms with van der Waals surface area (Å²) in [6, 6.07) is -0.0828. The maximum Gasteiger partial charge on any atom is 0.227 e. The molecular formula is C13H25N3O2. The Labute approximate surface area is 109 Å². The van der Waals surface area contributed by atoms with Crippen LogP contribution in [0.25, 0.3) is 0 Å². The molecule has 4 N–H and O–H groups in total. The van der Waals surface area contributed by atoms with Crippen LogP contribution in [0.4, 0.5) is 0 Å². The molecule has 2 amide bonds. The van der Waals surface area contributed by atoms with E-state index in [2.05, 4.69) is 10.6 Å². The van der Waals surface area contributed by atoms with Crippen molar-refractivity contribution in [2.45, 2.75) is 46.1 Å². The summed E-state index contributed by atoms with van der Waals surface area (Å²) in [7, 11) is 1.60. The van der Waals surface area contributed by atoms with Gasteiger partial charge in [-0.15, -0.1) is 0 Å². The van der Waals surface area contributed by atoms with E-state index in [0.717, 1.165) is 19.3 Å². The van der Waals surface area contributed by atoms with Gasteiger partial charge in [0.1, 0.15) is 0 Å². The number of hydrogen-bond donors (Lipinski definition) is 3. The van der Waals surface area contributed by atoms with Gasteiger partial charge < -0.3 is 16.4 Å². The highest BCUT2D eigenvalue weighted by atomic mass is 16.2. The van der Waals surface area contributed by atoms with Crippen LogP contribution in [0, 0.1) is 10.8 Å². The van der Waals surface area contributed by atoms with Crippen LogP contribution in [0.5, 0.6) is 0 Å². The molecule has 1 fully saturated rings. The third kappa shape index (κ3) is 2.83. The highest BCUT2D eigenvalue weighted by Gasteiger charge is 2.43. The Kier molecular flexibility index (Phi) is 4.37. The van der Waals surface area contributed by atoms with Gasteiger partial charge in [0.25, 0.3) is 0 Å². The summed E-state index contributed by atoms with van der Waals surface area (Å²) < 4.78 is 0. The fraction of sp³-hybridized carbons (Fsp3) is 0.846. The largest absolute Gasteiger partial charge is 0.359 e. The average molecular weight is 255 g/mol.